The van der Waals surface area contributed by atoms with Gasteiger partial charge >= 0.3 is 0 Å². The van der Waals surface area contributed by atoms with Crippen molar-refractivity contribution >= 4 is 38.9 Å². The van der Waals surface area contributed by atoms with E-state index in [0.717, 1.165) is 5.56 Å². The van der Waals surface area contributed by atoms with Gasteiger partial charge in [0.25, 0.3) is 5.69 Å². The van der Waals surface area contributed by atoms with Crippen LogP contribution in [0.25, 0.3) is 0 Å². The number of nitro benzene ring substituents is 1. The molecular formula is C14H11BrClFN2O2. The van der Waals surface area contributed by atoms with Gasteiger partial charge in [-0.3, -0.25) is 10.1 Å². The molecule has 1 N–H and O–H groups in total. The Kier molecular flexibility index (Phi) is 4.80. The molecule has 21 heavy (non-hydrogen) atoms. The fraction of sp³-hybridized carbons (Fsp3) is 0.143. The highest BCUT2D eigenvalue weighted by Crippen LogP contribution is 2.31. The highest BCUT2D eigenvalue weighted by atomic mass is 79.9. The Labute approximate surface area is 134 Å². The van der Waals surface area contributed by atoms with E-state index in [1.807, 2.05) is 6.92 Å². The van der Waals surface area contributed by atoms with Crippen molar-refractivity contribution in [3.8, 4) is 0 Å². The van der Waals surface area contributed by atoms with E-state index in [9.17, 15) is 14.5 Å². The second-order valence-electron chi connectivity index (χ2n) is 4.46. The molecule has 0 saturated carbocycles. The molecule has 2 aromatic carbocycles. The molecule has 4 nitrogen and oxygen atoms in total. The van der Waals surface area contributed by atoms with Gasteiger partial charge in [-0.25, -0.2) is 4.39 Å². The third kappa shape index (κ3) is 3.71. The number of anilines is 1. The summed E-state index contributed by atoms with van der Waals surface area (Å²) < 4.78 is 13.6. The molecule has 0 aromatic heterocycles. The highest BCUT2D eigenvalue weighted by molar-refractivity contribution is 9.10. The van der Waals surface area contributed by atoms with Crippen LogP contribution >= 0.6 is 27.5 Å². The minimum Gasteiger partial charge on any atom is -0.373 e. The van der Waals surface area contributed by atoms with Gasteiger partial charge in [-0.2, -0.15) is 0 Å². The lowest BCUT2D eigenvalue weighted by Crippen LogP contribution is -2.08. The summed E-state index contributed by atoms with van der Waals surface area (Å²) in [6, 6.07) is 8.64. The Bertz CT molecular complexity index is 697. The monoisotopic (exact) mass is 372 g/mol. The molecule has 0 spiro atoms. The molecule has 0 radical (unpaired) electrons. The summed E-state index contributed by atoms with van der Waals surface area (Å²) >= 11 is 8.99. The lowest BCUT2D eigenvalue weighted by molar-refractivity contribution is -0.384. The molecule has 1 unspecified atom stereocenters. The van der Waals surface area contributed by atoms with Gasteiger partial charge in [0.15, 0.2) is 0 Å². The molecule has 0 bridgehead atoms. The molecule has 110 valence electrons. The van der Waals surface area contributed by atoms with Crippen LogP contribution in [-0.4, -0.2) is 4.92 Å². The molecule has 0 amide bonds. The van der Waals surface area contributed by atoms with E-state index in [1.165, 1.54) is 24.3 Å². The number of nitrogens with one attached hydrogen (secondary N) is 1. The van der Waals surface area contributed by atoms with Crippen LogP contribution < -0.4 is 5.32 Å². The van der Waals surface area contributed by atoms with Gasteiger partial charge < -0.3 is 5.32 Å². The zero-order chi connectivity index (χ0) is 15.6. The van der Waals surface area contributed by atoms with Gasteiger partial charge in [0.1, 0.15) is 11.5 Å². The number of halogens is 3. The molecule has 0 aliphatic rings. The maximum absolute atomic E-state index is 13.2. The van der Waals surface area contributed by atoms with E-state index >= 15 is 0 Å². The van der Waals surface area contributed by atoms with E-state index < -0.39 is 4.92 Å². The van der Waals surface area contributed by atoms with Gasteiger partial charge in [0.05, 0.1) is 9.40 Å². The second kappa shape index (κ2) is 6.41. The van der Waals surface area contributed by atoms with Crippen LogP contribution in [0.5, 0.6) is 0 Å². The molecule has 2 rings (SSSR count). The maximum atomic E-state index is 13.2. The average Bonchev–Trinajstić information content (AvgIpc) is 2.41. The summed E-state index contributed by atoms with van der Waals surface area (Å²) in [6.45, 7) is 1.82. The van der Waals surface area contributed by atoms with Crippen molar-refractivity contribution < 1.29 is 9.31 Å². The van der Waals surface area contributed by atoms with E-state index in [0.29, 0.717) is 15.2 Å². The number of hydrogen-bond acceptors (Lipinski definition) is 3. The van der Waals surface area contributed by atoms with E-state index in [4.69, 9.17) is 11.6 Å². The highest BCUT2D eigenvalue weighted by Gasteiger charge is 2.17. The quantitative estimate of drug-likeness (QED) is 0.582. The minimum absolute atomic E-state index is 0.0626. The van der Waals surface area contributed by atoms with Crippen molar-refractivity contribution in [2.45, 2.75) is 13.0 Å². The second-order valence-corrected chi connectivity index (χ2v) is 5.75. The molecule has 2 aromatic rings. The van der Waals surface area contributed by atoms with Crippen LogP contribution in [0.1, 0.15) is 18.5 Å². The number of nitro groups is 1. The van der Waals surface area contributed by atoms with Gasteiger partial charge in [-0.05, 0) is 52.7 Å². The maximum Gasteiger partial charge on any atom is 0.292 e. The van der Waals surface area contributed by atoms with Crippen molar-refractivity contribution in [1.82, 2.24) is 0 Å². The Balaban J connectivity index is 2.30. The van der Waals surface area contributed by atoms with Crippen LogP contribution in [0.15, 0.2) is 40.9 Å². The molecule has 0 aliphatic carbocycles. The Morgan fingerprint density at radius 1 is 1.33 bits per heavy atom. The van der Waals surface area contributed by atoms with Crippen molar-refractivity contribution in [2.24, 2.45) is 0 Å². The van der Waals surface area contributed by atoms with Crippen LogP contribution in [-0.2, 0) is 0 Å². The molecule has 0 aliphatic heterocycles. The average molecular weight is 374 g/mol. The van der Waals surface area contributed by atoms with Crippen LogP contribution in [0.3, 0.4) is 0 Å². The van der Waals surface area contributed by atoms with E-state index in [-0.39, 0.29) is 17.5 Å². The number of hydrogen-bond donors (Lipinski definition) is 1. The smallest absolute Gasteiger partial charge is 0.292 e. The first-order valence-corrected chi connectivity index (χ1v) is 7.21. The van der Waals surface area contributed by atoms with Gasteiger partial charge in [0, 0.05) is 17.1 Å². The van der Waals surface area contributed by atoms with Gasteiger partial charge in [-0.1, -0.05) is 17.7 Å². The van der Waals surface area contributed by atoms with Crippen molar-refractivity contribution in [3.63, 3.8) is 0 Å². The van der Waals surface area contributed by atoms with E-state index in [2.05, 4.69) is 21.2 Å². The van der Waals surface area contributed by atoms with Crippen LogP contribution in [0, 0.1) is 15.9 Å². The molecular weight excluding hydrogens is 363 g/mol. The Morgan fingerprint density at radius 2 is 2.05 bits per heavy atom. The van der Waals surface area contributed by atoms with E-state index in [1.54, 1.807) is 12.1 Å². The summed E-state index contributed by atoms with van der Waals surface area (Å²) in [5.41, 5.74) is 1.05. The fourth-order valence-electron chi connectivity index (χ4n) is 1.88. The largest absolute Gasteiger partial charge is 0.373 e. The first-order chi connectivity index (χ1) is 9.88. The molecule has 0 saturated heterocycles. The van der Waals surface area contributed by atoms with Crippen molar-refractivity contribution in [2.75, 3.05) is 5.32 Å². The molecule has 0 fully saturated rings. The van der Waals surface area contributed by atoms with Crippen LogP contribution in [0.2, 0.25) is 5.02 Å². The lowest BCUT2D eigenvalue weighted by atomic mass is 10.1. The third-order valence-electron chi connectivity index (χ3n) is 2.97. The minimum atomic E-state index is -0.480. The van der Waals surface area contributed by atoms with Crippen molar-refractivity contribution in [3.05, 3.63) is 67.4 Å². The van der Waals surface area contributed by atoms with Crippen LogP contribution in [0.4, 0.5) is 15.8 Å². The fourth-order valence-corrected chi connectivity index (χ4v) is 2.45. The predicted molar refractivity (Wildman–Crippen MR) is 84.2 cm³/mol. The number of nitrogens with zero attached hydrogens (tertiary/aromatic N) is 1. The zero-order valence-corrected chi connectivity index (χ0v) is 13.3. The molecule has 1 atom stereocenters. The summed E-state index contributed by atoms with van der Waals surface area (Å²) in [6.07, 6.45) is 0. The summed E-state index contributed by atoms with van der Waals surface area (Å²) in [4.78, 5) is 10.5. The lowest BCUT2D eigenvalue weighted by Gasteiger charge is -2.16. The standard InChI is InChI=1S/C14H11BrClFN2O2/c1-8(9-2-4-12(17)11(15)6-9)18-13-7-10(16)3-5-14(13)19(20)21/h2-8,18H,1H3. The summed E-state index contributed by atoms with van der Waals surface area (Å²) in [7, 11) is 0. The van der Waals surface area contributed by atoms with Gasteiger partial charge in [0.2, 0.25) is 0 Å². The summed E-state index contributed by atoms with van der Waals surface area (Å²) in [5.74, 6) is -0.361. The molecule has 7 heteroatoms. The first kappa shape index (κ1) is 15.7. The summed E-state index contributed by atoms with van der Waals surface area (Å²) in [5, 5.41) is 14.4. The molecule has 0 heterocycles. The predicted octanol–water partition coefficient (Wildman–Crippen LogP) is 5.32. The topological polar surface area (TPSA) is 55.2 Å². The SMILES string of the molecule is CC(Nc1cc(Cl)ccc1[N+](=O)[O-])c1ccc(F)c(Br)c1. The Morgan fingerprint density at radius 3 is 2.67 bits per heavy atom. The number of benzene rings is 2. The zero-order valence-electron chi connectivity index (χ0n) is 10.9. The first-order valence-electron chi connectivity index (χ1n) is 6.04. The normalized spacial score (nSPS) is 12.0. The number of rotatable bonds is 4. The Hall–Kier alpha value is -1.66. The van der Waals surface area contributed by atoms with Crippen molar-refractivity contribution in [1.29, 1.82) is 0 Å². The third-order valence-corrected chi connectivity index (χ3v) is 3.81. The van der Waals surface area contributed by atoms with Gasteiger partial charge in [-0.15, -0.1) is 0 Å².